The van der Waals surface area contributed by atoms with E-state index in [4.69, 9.17) is 0 Å². The highest BCUT2D eigenvalue weighted by atomic mass is 32.1. The summed E-state index contributed by atoms with van der Waals surface area (Å²) < 4.78 is 0. The molecule has 1 aliphatic rings. The molecule has 0 aromatic carbocycles. The Bertz CT molecular complexity index is 413. The van der Waals surface area contributed by atoms with Gasteiger partial charge in [0.25, 0.3) is 0 Å². The Morgan fingerprint density at radius 2 is 2.16 bits per heavy atom. The van der Waals surface area contributed by atoms with Gasteiger partial charge in [-0.15, -0.1) is 10.2 Å². The summed E-state index contributed by atoms with van der Waals surface area (Å²) >= 11 is 1.47. The average molecular weight is 282 g/mol. The maximum atomic E-state index is 11.8. The highest BCUT2D eigenvalue weighted by molar-refractivity contribution is 7.15. The zero-order valence-electron chi connectivity index (χ0n) is 11.6. The second kappa shape index (κ2) is 6.96. The topological polar surface area (TPSA) is 66.9 Å². The second-order valence-electron chi connectivity index (χ2n) is 5.38. The molecule has 2 rings (SSSR count). The Morgan fingerprint density at radius 1 is 1.42 bits per heavy atom. The van der Waals surface area contributed by atoms with Gasteiger partial charge in [-0.25, -0.2) is 0 Å². The zero-order chi connectivity index (χ0) is 13.7. The molecule has 0 unspecified atom stereocenters. The van der Waals surface area contributed by atoms with Crippen LogP contribution in [0.15, 0.2) is 0 Å². The number of piperidine rings is 1. The normalized spacial score (nSPS) is 16.8. The van der Waals surface area contributed by atoms with Gasteiger partial charge in [0.1, 0.15) is 5.01 Å². The molecular formula is C13H22N4OS. The van der Waals surface area contributed by atoms with Gasteiger partial charge in [-0.1, -0.05) is 25.2 Å². The Kier molecular flexibility index (Phi) is 5.27. The highest BCUT2D eigenvalue weighted by Gasteiger charge is 2.15. The van der Waals surface area contributed by atoms with Crippen LogP contribution in [-0.4, -0.2) is 29.2 Å². The van der Waals surface area contributed by atoms with Crippen LogP contribution in [0.25, 0.3) is 0 Å². The molecule has 2 heterocycles. The van der Waals surface area contributed by atoms with Crippen LogP contribution in [0.1, 0.15) is 50.5 Å². The van der Waals surface area contributed by atoms with Crippen molar-refractivity contribution in [2.45, 2.75) is 45.4 Å². The number of aromatic nitrogens is 2. The van der Waals surface area contributed by atoms with Crippen LogP contribution >= 0.6 is 11.3 Å². The molecule has 19 heavy (non-hydrogen) atoms. The fourth-order valence-electron chi connectivity index (χ4n) is 2.21. The maximum absolute atomic E-state index is 11.8. The van der Waals surface area contributed by atoms with E-state index >= 15 is 0 Å². The SMILES string of the molecule is CC(C)c1nnc(NC(=O)CCC2CCNCC2)s1. The van der Waals surface area contributed by atoms with Crippen molar-refractivity contribution in [2.75, 3.05) is 18.4 Å². The van der Waals surface area contributed by atoms with Gasteiger partial charge in [0, 0.05) is 12.3 Å². The Morgan fingerprint density at radius 3 is 2.79 bits per heavy atom. The molecule has 5 nitrogen and oxygen atoms in total. The van der Waals surface area contributed by atoms with Gasteiger partial charge in [-0.2, -0.15) is 0 Å². The predicted octanol–water partition coefficient (Wildman–Crippen LogP) is 2.38. The first-order chi connectivity index (χ1) is 9.15. The molecule has 2 N–H and O–H groups in total. The van der Waals surface area contributed by atoms with Crippen LogP contribution in [0.2, 0.25) is 0 Å². The monoisotopic (exact) mass is 282 g/mol. The first-order valence-electron chi connectivity index (χ1n) is 6.99. The fraction of sp³-hybridized carbons (Fsp3) is 0.769. The number of nitrogens with one attached hydrogen (secondary N) is 2. The van der Waals surface area contributed by atoms with E-state index in [1.165, 1.54) is 24.2 Å². The van der Waals surface area contributed by atoms with E-state index in [0.29, 0.717) is 23.4 Å². The number of anilines is 1. The molecule has 1 saturated heterocycles. The van der Waals surface area contributed by atoms with E-state index in [1.54, 1.807) is 0 Å². The summed E-state index contributed by atoms with van der Waals surface area (Å²) in [6.45, 7) is 6.31. The van der Waals surface area contributed by atoms with E-state index in [1.807, 2.05) is 0 Å². The smallest absolute Gasteiger partial charge is 0.226 e. The lowest BCUT2D eigenvalue weighted by atomic mass is 9.93. The Hall–Kier alpha value is -1.01. The van der Waals surface area contributed by atoms with Crippen molar-refractivity contribution in [1.82, 2.24) is 15.5 Å². The van der Waals surface area contributed by atoms with Gasteiger partial charge < -0.3 is 10.6 Å². The van der Waals surface area contributed by atoms with Gasteiger partial charge in [0.15, 0.2) is 0 Å². The molecule has 1 aromatic rings. The molecule has 0 radical (unpaired) electrons. The number of hydrogen-bond donors (Lipinski definition) is 2. The molecule has 0 spiro atoms. The maximum Gasteiger partial charge on any atom is 0.226 e. The molecule has 0 bridgehead atoms. The van der Waals surface area contributed by atoms with Crippen LogP contribution in [0.4, 0.5) is 5.13 Å². The van der Waals surface area contributed by atoms with Gasteiger partial charge >= 0.3 is 0 Å². The number of carbonyl (C=O) groups excluding carboxylic acids is 1. The van der Waals surface area contributed by atoms with E-state index in [9.17, 15) is 4.79 Å². The first-order valence-corrected chi connectivity index (χ1v) is 7.80. The number of nitrogens with zero attached hydrogens (tertiary/aromatic N) is 2. The van der Waals surface area contributed by atoms with Gasteiger partial charge in [-0.05, 0) is 38.3 Å². The largest absolute Gasteiger partial charge is 0.317 e. The highest BCUT2D eigenvalue weighted by Crippen LogP contribution is 2.23. The predicted molar refractivity (Wildman–Crippen MR) is 77.5 cm³/mol. The van der Waals surface area contributed by atoms with Crippen molar-refractivity contribution in [3.63, 3.8) is 0 Å². The number of carbonyl (C=O) groups is 1. The average Bonchev–Trinajstić information content (AvgIpc) is 2.86. The lowest BCUT2D eigenvalue weighted by Gasteiger charge is -2.21. The van der Waals surface area contributed by atoms with Crippen LogP contribution in [-0.2, 0) is 4.79 Å². The minimum atomic E-state index is 0.0602. The molecule has 1 amide bonds. The van der Waals surface area contributed by atoms with Gasteiger partial charge in [0.05, 0.1) is 0 Å². The number of amides is 1. The molecule has 106 valence electrons. The lowest BCUT2D eigenvalue weighted by Crippen LogP contribution is -2.28. The van der Waals surface area contributed by atoms with Gasteiger partial charge in [0.2, 0.25) is 11.0 Å². The third kappa shape index (κ3) is 4.54. The minimum absolute atomic E-state index is 0.0602. The lowest BCUT2D eigenvalue weighted by molar-refractivity contribution is -0.116. The molecule has 0 atom stereocenters. The Labute approximate surface area is 118 Å². The summed E-state index contributed by atoms with van der Waals surface area (Å²) in [5, 5.41) is 15.8. The summed E-state index contributed by atoms with van der Waals surface area (Å²) in [6.07, 6.45) is 3.93. The second-order valence-corrected chi connectivity index (χ2v) is 6.39. The summed E-state index contributed by atoms with van der Waals surface area (Å²) in [4.78, 5) is 11.8. The van der Waals surface area contributed by atoms with Crippen molar-refractivity contribution < 1.29 is 4.79 Å². The molecule has 1 aliphatic heterocycles. The molecular weight excluding hydrogens is 260 g/mol. The fourth-order valence-corrected chi connectivity index (χ4v) is 2.97. The summed E-state index contributed by atoms with van der Waals surface area (Å²) in [7, 11) is 0. The quantitative estimate of drug-likeness (QED) is 0.870. The molecule has 0 aliphatic carbocycles. The standard InChI is InChI=1S/C13H22N4OS/c1-9(2)12-16-17-13(19-12)15-11(18)4-3-10-5-7-14-8-6-10/h9-10,14H,3-8H2,1-2H3,(H,15,17,18). The summed E-state index contributed by atoms with van der Waals surface area (Å²) in [5.41, 5.74) is 0. The van der Waals surface area contributed by atoms with Crippen LogP contribution < -0.4 is 10.6 Å². The number of hydrogen-bond acceptors (Lipinski definition) is 5. The van der Waals surface area contributed by atoms with Crippen molar-refractivity contribution in [2.24, 2.45) is 5.92 Å². The number of rotatable bonds is 5. The summed E-state index contributed by atoms with van der Waals surface area (Å²) in [5.74, 6) is 1.11. The Balaban J connectivity index is 1.73. The zero-order valence-corrected chi connectivity index (χ0v) is 12.4. The van der Waals surface area contributed by atoms with Crippen molar-refractivity contribution in [1.29, 1.82) is 0 Å². The van der Waals surface area contributed by atoms with E-state index in [-0.39, 0.29) is 5.91 Å². The molecule has 1 aromatic heterocycles. The van der Waals surface area contributed by atoms with Crippen LogP contribution in [0.5, 0.6) is 0 Å². The third-order valence-corrected chi connectivity index (χ3v) is 4.56. The molecule has 1 fully saturated rings. The molecule has 6 heteroatoms. The van der Waals surface area contributed by atoms with Crippen LogP contribution in [0, 0.1) is 5.92 Å². The van der Waals surface area contributed by atoms with E-state index in [0.717, 1.165) is 24.5 Å². The van der Waals surface area contributed by atoms with E-state index < -0.39 is 0 Å². The van der Waals surface area contributed by atoms with Crippen molar-refractivity contribution in [3.05, 3.63) is 5.01 Å². The van der Waals surface area contributed by atoms with Gasteiger partial charge in [-0.3, -0.25) is 4.79 Å². The molecule has 0 saturated carbocycles. The van der Waals surface area contributed by atoms with Crippen molar-refractivity contribution in [3.8, 4) is 0 Å². The van der Waals surface area contributed by atoms with Crippen LogP contribution in [0.3, 0.4) is 0 Å². The van der Waals surface area contributed by atoms with Crippen molar-refractivity contribution >= 4 is 22.4 Å². The third-order valence-electron chi connectivity index (χ3n) is 3.42. The van der Waals surface area contributed by atoms with E-state index in [2.05, 4.69) is 34.7 Å². The minimum Gasteiger partial charge on any atom is -0.317 e. The summed E-state index contributed by atoms with van der Waals surface area (Å²) in [6, 6.07) is 0. The first kappa shape index (κ1) is 14.4.